The highest BCUT2D eigenvalue weighted by Crippen LogP contribution is 2.26. The SMILES string of the molecule is CO[C@H]1C[C@@H](N=[N+]=[N-])[C@H](OS(C)(=O)=O)[C@H](C)O1. The predicted octanol–water partition coefficient (Wildman–Crippen LogP) is 0.791. The number of ether oxygens (including phenoxy) is 2. The molecule has 17 heavy (non-hydrogen) atoms. The van der Waals surface area contributed by atoms with Crippen LogP contribution in [0.3, 0.4) is 0 Å². The minimum atomic E-state index is -3.64. The normalized spacial score (nSPS) is 34.1. The Kier molecular flexibility index (Phi) is 4.72. The molecule has 8 nitrogen and oxygen atoms in total. The van der Waals surface area contributed by atoms with Crippen LogP contribution in [0.4, 0.5) is 0 Å². The van der Waals surface area contributed by atoms with Crippen LogP contribution in [0.15, 0.2) is 5.11 Å². The van der Waals surface area contributed by atoms with Gasteiger partial charge in [0.1, 0.15) is 6.10 Å². The van der Waals surface area contributed by atoms with E-state index in [2.05, 4.69) is 10.0 Å². The molecule has 0 aromatic heterocycles. The van der Waals surface area contributed by atoms with Gasteiger partial charge >= 0.3 is 0 Å². The zero-order valence-electron chi connectivity index (χ0n) is 9.81. The highest BCUT2D eigenvalue weighted by Gasteiger charge is 2.39. The Hall–Kier alpha value is -0.860. The van der Waals surface area contributed by atoms with Crippen LogP contribution in [0.2, 0.25) is 0 Å². The highest BCUT2D eigenvalue weighted by atomic mass is 32.2. The molecule has 98 valence electrons. The molecule has 0 N–H and O–H groups in total. The van der Waals surface area contributed by atoms with E-state index in [1.54, 1.807) is 6.92 Å². The molecule has 4 atom stereocenters. The smallest absolute Gasteiger partial charge is 0.264 e. The summed E-state index contributed by atoms with van der Waals surface area (Å²) in [5.74, 6) is 0. The van der Waals surface area contributed by atoms with Gasteiger partial charge in [0.15, 0.2) is 6.29 Å². The van der Waals surface area contributed by atoms with E-state index in [4.69, 9.17) is 19.2 Å². The molecule has 0 aliphatic carbocycles. The Balaban J connectivity index is 2.87. The van der Waals surface area contributed by atoms with Gasteiger partial charge in [-0.05, 0) is 12.5 Å². The fourth-order valence-electron chi connectivity index (χ4n) is 1.69. The molecular formula is C8H15N3O5S. The van der Waals surface area contributed by atoms with Crippen LogP contribution in [-0.4, -0.2) is 46.3 Å². The van der Waals surface area contributed by atoms with Gasteiger partial charge in [-0.15, -0.1) is 0 Å². The lowest BCUT2D eigenvalue weighted by atomic mass is 10.0. The van der Waals surface area contributed by atoms with Crippen LogP contribution in [-0.2, 0) is 23.8 Å². The van der Waals surface area contributed by atoms with Crippen LogP contribution in [0, 0.1) is 0 Å². The zero-order valence-corrected chi connectivity index (χ0v) is 10.6. The summed E-state index contributed by atoms with van der Waals surface area (Å²) >= 11 is 0. The fraction of sp³-hybridized carbons (Fsp3) is 1.00. The topological polar surface area (TPSA) is 111 Å². The molecule has 9 heteroatoms. The molecule has 0 saturated carbocycles. The number of azide groups is 1. The van der Waals surface area contributed by atoms with Gasteiger partial charge in [-0.25, -0.2) is 0 Å². The predicted molar refractivity (Wildman–Crippen MR) is 58.6 cm³/mol. The summed E-state index contributed by atoms with van der Waals surface area (Å²) in [7, 11) is -2.18. The Labute approximate surface area is 99.6 Å². The molecular weight excluding hydrogens is 250 g/mol. The van der Waals surface area contributed by atoms with Crippen LogP contribution in [0.25, 0.3) is 10.4 Å². The standard InChI is InChI=1S/C8H15N3O5S/c1-5-8(16-17(3,12)13)6(10-11-9)4-7(14-2)15-5/h5-8H,4H2,1-3H3/t5-,6+,7+,8+/m0/s1. The summed E-state index contributed by atoms with van der Waals surface area (Å²) in [4.78, 5) is 2.68. The first-order valence-electron chi connectivity index (χ1n) is 4.98. The van der Waals surface area contributed by atoms with Crippen LogP contribution < -0.4 is 0 Å². The summed E-state index contributed by atoms with van der Waals surface area (Å²) in [6.07, 6.45) is -0.702. The number of nitrogens with zero attached hydrogens (tertiary/aromatic N) is 3. The van der Waals surface area contributed by atoms with Gasteiger partial charge < -0.3 is 9.47 Å². The lowest BCUT2D eigenvalue weighted by Crippen LogP contribution is -2.48. The van der Waals surface area contributed by atoms with Gasteiger partial charge in [-0.2, -0.15) is 8.42 Å². The van der Waals surface area contributed by atoms with Crippen molar-refractivity contribution in [2.45, 2.75) is 37.9 Å². The Morgan fingerprint density at radius 2 is 2.18 bits per heavy atom. The van der Waals surface area contributed by atoms with Crippen molar-refractivity contribution in [3.63, 3.8) is 0 Å². The molecule has 1 heterocycles. The maximum absolute atomic E-state index is 11.1. The minimum Gasteiger partial charge on any atom is -0.356 e. The van der Waals surface area contributed by atoms with E-state index < -0.39 is 34.7 Å². The molecule has 1 saturated heterocycles. The van der Waals surface area contributed by atoms with Gasteiger partial charge in [0, 0.05) is 18.4 Å². The molecule has 1 aliphatic heterocycles. The molecule has 0 radical (unpaired) electrons. The quantitative estimate of drug-likeness (QED) is 0.323. The summed E-state index contributed by atoms with van der Waals surface area (Å²) in [5.41, 5.74) is 8.45. The van der Waals surface area contributed by atoms with Crippen molar-refractivity contribution in [2.24, 2.45) is 5.11 Å². The lowest BCUT2D eigenvalue weighted by Gasteiger charge is -2.36. The van der Waals surface area contributed by atoms with Gasteiger partial charge in [0.25, 0.3) is 10.1 Å². The third-order valence-corrected chi connectivity index (χ3v) is 2.96. The number of rotatable bonds is 4. The van der Waals surface area contributed by atoms with Crippen molar-refractivity contribution in [1.29, 1.82) is 0 Å². The Morgan fingerprint density at radius 1 is 1.53 bits per heavy atom. The summed E-state index contributed by atoms with van der Waals surface area (Å²) < 4.78 is 37.5. The van der Waals surface area contributed by atoms with Crippen LogP contribution in [0.1, 0.15) is 13.3 Å². The van der Waals surface area contributed by atoms with E-state index in [0.717, 1.165) is 6.26 Å². The molecule has 0 aromatic rings. The van der Waals surface area contributed by atoms with Gasteiger partial charge in [-0.1, -0.05) is 5.11 Å². The largest absolute Gasteiger partial charge is 0.356 e. The van der Waals surface area contributed by atoms with Gasteiger partial charge in [0.05, 0.1) is 18.4 Å². The Bertz CT molecular complexity index is 405. The minimum absolute atomic E-state index is 0.255. The van der Waals surface area contributed by atoms with E-state index in [1.807, 2.05) is 0 Å². The van der Waals surface area contributed by atoms with E-state index >= 15 is 0 Å². The average Bonchev–Trinajstić information content (AvgIpc) is 2.21. The van der Waals surface area contributed by atoms with Crippen molar-refractivity contribution in [3.05, 3.63) is 10.4 Å². The summed E-state index contributed by atoms with van der Waals surface area (Å²) in [5, 5.41) is 3.53. The zero-order chi connectivity index (χ0) is 13.1. The van der Waals surface area contributed by atoms with Crippen molar-refractivity contribution in [2.75, 3.05) is 13.4 Å². The molecule has 0 amide bonds. The summed E-state index contributed by atoms with van der Waals surface area (Å²) in [6.45, 7) is 1.64. The maximum Gasteiger partial charge on any atom is 0.264 e. The lowest BCUT2D eigenvalue weighted by molar-refractivity contribution is -0.206. The first kappa shape index (κ1) is 14.2. The molecule has 0 bridgehead atoms. The van der Waals surface area contributed by atoms with E-state index in [9.17, 15) is 8.42 Å². The Morgan fingerprint density at radius 3 is 2.65 bits per heavy atom. The average molecular weight is 265 g/mol. The third-order valence-electron chi connectivity index (χ3n) is 2.39. The van der Waals surface area contributed by atoms with Crippen LogP contribution >= 0.6 is 0 Å². The second kappa shape index (κ2) is 5.65. The van der Waals surface area contributed by atoms with Crippen LogP contribution in [0.5, 0.6) is 0 Å². The van der Waals surface area contributed by atoms with Crippen molar-refractivity contribution in [1.82, 2.24) is 0 Å². The second-order valence-electron chi connectivity index (χ2n) is 3.78. The van der Waals surface area contributed by atoms with Gasteiger partial charge in [-0.3, -0.25) is 4.18 Å². The van der Waals surface area contributed by atoms with Crippen molar-refractivity contribution in [3.8, 4) is 0 Å². The third kappa shape index (κ3) is 4.14. The highest BCUT2D eigenvalue weighted by molar-refractivity contribution is 7.86. The molecule has 1 fully saturated rings. The number of hydrogen-bond acceptors (Lipinski definition) is 6. The van der Waals surface area contributed by atoms with Gasteiger partial charge in [0.2, 0.25) is 0 Å². The molecule has 1 aliphatic rings. The fourth-order valence-corrected chi connectivity index (χ4v) is 2.38. The molecule has 0 unspecified atom stereocenters. The van der Waals surface area contributed by atoms with E-state index in [1.165, 1.54) is 7.11 Å². The monoisotopic (exact) mass is 265 g/mol. The second-order valence-corrected chi connectivity index (χ2v) is 5.38. The van der Waals surface area contributed by atoms with Crippen molar-refractivity contribution < 1.29 is 22.1 Å². The molecule has 1 rings (SSSR count). The number of methoxy groups -OCH3 is 1. The van der Waals surface area contributed by atoms with E-state index in [0.29, 0.717) is 0 Å². The first-order chi connectivity index (χ1) is 7.87. The number of hydrogen-bond donors (Lipinski definition) is 0. The molecule has 0 aromatic carbocycles. The van der Waals surface area contributed by atoms with E-state index in [-0.39, 0.29) is 6.42 Å². The van der Waals surface area contributed by atoms with Crippen molar-refractivity contribution >= 4 is 10.1 Å². The summed E-state index contributed by atoms with van der Waals surface area (Å²) in [6, 6.07) is -0.636. The molecule has 0 spiro atoms. The maximum atomic E-state index is 11.1. The first-order valence-corrected chi connectivity index (χ1v) is 6.79.